The summed E-state index contributed by atoms with van der Waals surface area (Å²) >= 11 is 0. The van der Waals surface area contributed by atoms with Crippen molar-refractivity contribution in [3.05, 3.63) is 52.9 Å². The van der Waals surface area contributed by atoms with Gasteiger partial charge in [-0.2, -0.15) is 0 Å². The van der Waals surface area contributed by atoms with Crippen LogP contribution in [0.5, 0.6) is 0 Å². The van der Waals surface area contributed by atoms with Crippen molar-refractivity contribution in [1.82, 2.24) is 9.55 Å². The van der Waals surface area contributed by atoms with Gasteiger partial charge < -0.3 is 4.57 Å². The van der Waals surface area contributed by atoms with Gasteiger partial charge >= 0.3 is 0 Å². The third-order valence-corrected chi connectivity index (χ3v) is 2.82. The van der Waals surface area contributed by atoms with Crippen molar-refractivity contribution < 1.29 is 26.7 Å². The topological polar surface area (TPSA) is 34.9 Å². The van der Waals surface area contributed by atoms with Crippen molar-refractivity contribution in [1.29, 1.82) is 0 Å². The summed E-state index contributed by atoms with van der Waals surface area (Å²) < 4.78 is 67.6. The van der Waals surface area contributed by atoms with Gasteiger partial charge in [-0.3, -0.25) is 4.79 Å². The van der Waals surface area contributed by atoms with Crippen LogP contribution in [0.25, 0.3) is 0 Å². The van der Waals surface area contributed by atoms with E-state index in [1.807, 2.05) is 0 Å². The molecule has 3 nitrogen and oxygen atoms in total. The number of imidazole rings is 1. The minimum absolute atomic E-state index is 0.316. The molecule has 0 fully saturated rings. The zero-order chi connectivity index (χ0) is 15.7. The van der Waals surface area contributed by atoms with Gasteiger partial charge in [0.05, 0.1) is 0 Å². The fraction of sp³-hybridized carbons (Fsp3) is 0.231. The second-order valence-electron chi connectivity index (χ2n) is 4.22. The van der Waals surface area contributed by atoms with Gasteiger partial charge in [-0.1, -0.05) is 6.92 Å². The van der Waals surface area contributed by atoms with Crippen molar-refractivity contribution >= 4 is 5.78 Å². The van der Waals surface area contributed by atoms with Crippen molar-refractivity contribution in [3.63, 3.8) is 0 Å². The normalized spacial score (nSPS) is 11.0. The van der Waals surface area contributed by atoms with Crippen LogP contribution in [-0.2, 0) is 6.54 Å². The van der Waals surface area contributed by atoms with Crippen LogP contribution in [0.4, 0.5) is 22.0 Å². The Morgan fingerprint density at radius 3 is 2.10 bits per heavy atom. The van der Waals surface area contributed by atoms with Crippen LogP contribution in [0.3, 0.4) is 0 Å². The number of hydrogen-bond donors (Lipinski definition) is 0. The molecule has 112 valence electrons. The lowest BCUT2D eigenvalue weighted by Gasteiger charge is -2.08. The molecule has 0 spiro atoms. The van der Waals surface area contributed by atoms with Crippen molar-refractivity contribution in [2.24, 2.45) is 0 Å². The van der Waals surface area contributed by atoms with E-state index in [4.69, 9.17) is 0 Å². The van der Waals surface area contributed by atoms with E-state index < -0.39 is 40.4 Å². The highest BCUT2D eigenvalue weighted by Gasteiger charge is 2.31. The van der Waals surface area contributed by atoms with E-state index in [-0.39, 0.29) is 5.82 Å². The van der Waals surface area contributed by atoms with Crippen LogP contribution < -0.4 is 0 Å². The maximum atomic E-state index is 13.6. The Balaban J connectivity index is 2.62. The van der Waals surface area contributed by atoms with Gasteiger partial charge in [0.1, 0.15) is 5.56 Å². The average Bonchev–Trinajstić information content (AvgIpc) is 2.92. The third-order valence-electron chi connectivity index (χ3n) is 2.82. The van der Waals surface area contributed by atoms with Gasteiger partial charge in [-0.25, -0.2) is 26.9 Å². The minimum Gasteiger partial charge on any atom is -0.328 e. The Bertz CT molecular complexity index is 682. The number of ketones is 1. The predicted octanol–water partition coefficient (Wildman–Crippen LogP) is 3.22. The first-order valence-corrected chi connectivity index (χ1v) is 5.97. The fourth-order valence-electron chi connectivity index (χ4n) is 1.86. The predicted molar refractivity (Wildman–Crippen MR) is 62.2 cm³/mol. The molecule has 21 heavy (non-hydrogen) atoms. The SMILES string of the molecule is CCCn1ccnc1C(=O)c1c(F)c(F)c(F)c(F)c1F. The molecule has 8 heteroatoms. The van der Waals surface area contributed by atoms with E-state index in [9.17, 15) is 26.7 Å². The maximum absolute atomic E-state index is 13.6. The van der Waals surface area contributed by atoms with Crippen LogP contribution in [0.2, 0.25) is 0 Å². The second-order valence-corrected chi connectivity index (χ2v) is 4.22. The van der Waals surface area contributed by atoms with Crippen LogP contribution in [0, 0.1) is 29.1 Å². The number of aryl methyl sites for hydroxylation is 1. The summed E-state index contributed by atoms with van der Waals surface area (Å²) in [6, 6.07) is 0. The van der Waals surface area contributed by atoms with Crippen LogP contribution in [0.15, 0.2) is 12.4 Å². The largest absolute Gasteiger partial charge is 0.328 e. The molecule has 2 aromatic rings. The Morgan fingerprint density at radius 2 is 1.57 bits per heavy atom. The lowest BCUT2D eigenvalue weighted by atomic mass is 10.1. The number of carbonyl (C=O) groups is 1. The van der Waals surface area contributed by atoms with E-state index in [0.29, 0.717) is 13.0 Å². The molecule has 0 saturated heterocycles. The van der Waals surface area contributed by atoms with Crippen LogP contribution >= 0.6 is 0 Å². The van der Waals surface area contributed by atoms with Gasteiger partial charge in [0.2, 0.25) is 11.6 Å². The molecule has 0 N–H and O–H groups in total. The summed E-state index contributed by atoms with van der Waals surface area (Å²) in [7, 11) is 0. The van der Waals surface area contributed by atoms with Crippen molar-refractivity contribution in [2.75, 3.05) is 0 Å². The second kappa shape index (κ2) is 5.63. The van der Waals surface area contributed by atoms with Crippen LogP contribution in [0.1, 0.15) is 29.5 Å². The molecule has 1 aromatic heterocycles. The number of carbonyl (C=O) groups excluding carboxylic acids is 1. The summed E-state index contributed by atoms with van der Waals surface area (Å²) in [5.41, 5.74) is -1.50. The molecule has 0 saturated carbocycles. The van der Waals surface area contributed by atoms with Crippen molar-refractivity contribution in [3.8, 4) is 0 Å². The lowest BCUT2D eigenvalue weighted by molar-refractivity contribution is 0.101. The van der Waals surface area contributed by atoms with Gasteiger partial charge in [0, 0.05) is 18.9 Å². The molecule has 0 radical (unpaired) electrons. The molecule has 0 aliphatic carbocycles. The fourth-order valence-corrected chi connectivity index (χ4v) is 1.86. The average molecular weight is 304 g/mol. The molecule has 0 bridgehead atoms. The molecule has 1 aromatic carbocycles. The number of rotatable bonds is 4. The molecule has 2 rings (SSSR count). The minimum atomic E-state index is -2.31. The molecular formula is C13H9F5N2O. The van der Waals surface area contributed by atoms with Crippen molar-refractivity contribution in [2.45, 2.75) is 19.9 Å². The van der Waals surface area contributed by atoms with Gasteiger partial charge in [0.15, 0.2) is 29.1 Å². The molecular weight excluding hydrogens is 295 g/mol. The summed E-state index contributed by atoms with van der Waals surface area (Å²) in [4.78, 5) is 15.7. The highest BCUT2D eigenvalue weighted by Crippen LogP contribution is 2.24. The Kier molecular flexibility index (Phi) is 4.06. The standard InChI is InChI=1S/C13H9F5N2O/c1-2-4-20-5-3-19-13(20)12(21)6-7(14)9(16)11(18)10(17)8(6)15/h3,5H,2,4H2,1H3. The van der Waals surface area contributed by atoms with Gasteiger partial charge in [-0.15, -0.1) is 0 Å². The highest BCUT2D eigenvalue weighted by atomic mass is 19.2. The smallest absolute Gasteiger partial charge is 0.234 e. The Labute approximate surface area is 116 Å². The Morgan fingerprint density at radius 1 is 1.05 bits per heavy atom. The first kappa shape index (κ1) is 15.1. The highest BCUT2D eigenvalue weighted by molar-refractivity contribution is 6.07. The first-order chi connectivity index (χ1) is 9.90. The quantitative estimate of drug-likeness (QED) is 0.376. The van der Waals surface area contributed by atoms with Crippen LogP contribution in [-0.4, -0.2) is 15.3 Å². The molecule has 0 amide bonds. The summed E-state index contributed by atoms with van der Waals surface area (Å²) in [6.45, 7) is 2.10. The first-order valence-electron chi connectivity index (χ1n) is 5.97. The number of hydrogen-bond acceptors (Lipinski definition) is 2. The molecule has 0 unspecified atom stereocenters. The van der Waals surface area contributed by atoms with E-state index >= 15 is 0 Å². The van der Waals surface area contributed by atoms with Gasteiger partial charge in [0.25, 0.3) is 0 Å². The summed E-state index contributed by atoms with van der Waals surface area (Å²) in [5, 5.41) is 0. The number of halogens is 5. The number of aromatic nitrogens is 2. The number of benzene rings is 1. The van der Waals surface area contributed by atoms with E-state index in [1.165, 1.54) is 17.0 Å². The number of nitrogens with zero attached hydrogens (tertiary/aromatic N) is 2. The summed E-state index contributed by atoms with van der Waals surface area (Å²) in [6.07, 6.45) is 3.17. The maximum Gasteiger partial charge on any atom is 0.234 e. The molecule has 0 aliphatic heterocycles. The molecule has 0 aliphatic rings. The lowest BCUT2D eigenvalue weighted by Crippen LogP contribution is -2.17. The molecule has 0 atom stereocenters. The monoisotopic (exact) mass is 304 g/mol. The van der Waals surface area contributed by atoms with E-state index in [1.54, 1.807) is 6.92 Å². The van der Waals surface area contributed by atoms with E-state index in [2.05, 4.69) is 4.98 Å². The Hall–Kier alpha value is -2.25. The third kappa shape index (κ3) is 2.41. The zero-order valence-electron chi connectivity index (χ0n) is 10.8. The zero-order valence-corrected chi connectivity index (χ0v) is 10.8. The van der Waals surface area contributed by atoms with E-state index in [0.717, 1.165) is 0 Å². The van der Waals surface area contributed by atoms with Gasteiger partial charge in [-0.05, 0) is 6.42 Å². The summed E-state index contributed by atoms with van der Waals surface area (Å²) in [5.74, 6) is -12.7. The molecule has 1 heterocycles.